The van der Waals surface area contributed by atoms with E-state index in [1.165, 1.54) is 0 Å². The number of hydrogen-bond acceptors (Lipinski definition) is 4. The summed E-state index contributed by atoms with van der Waals surface area (Å²) in [5.41, 5.74) is -0.210. The lowest BCUT2D eigenvalue weighted by molar-refractivity contribution is -0.138. The third-order valence-electron chi connectivity index (χ3n) is 6.64. The average molecular weight is 371 g/mol. The molecule has 0 aromatic rings. The van der Waals surface area contributed by atoms with Crippen LogP contribution in [0, 0.1) is 23.7 Å². The Morgan fingerprint density at radius 3 is 2.72 bits per heavy atom. The number of carbonyl (C=O) groups excluding carboxylic acids is 1. The van der Waals surface area contributed by atoms with Gasteiger partial charge < -0.3 is 9.64 Å². The second kappa shape index (κ2) is 6.20. The molecule has 3 saturated heterocycles. The van der Waals surface area contributed by atoms with Crippen molar-refractivity contribution in [2.24, 2.45) is 23.7 Å². The van der Waals surface area contributed by atoms with Crippen LogP contribution in [0.5, 0.6) is 0 Å². The van der Waals surface area contributed by atoms with Gasteiger partial charge in [0.15, 0.2) is 0 Å². The summed E-state index contributed by atoms with van der Waals surface area (Å²) in [5, 5.41) is 0. The maximum Gasteiger partial charge on any atom is 0.225 e. The van der Waals surface area contributed by atoms with Gasteiger partial charge in [0.25, 0.3) is 0 Å². The van der Waals surface area contributed by atoms with Crippen molar-refractivity contribution in [2.75, 3.05) is 25.4 Å². The number of likely N-dealkylation sites (tertiary alicyclic amines) is 1. The molecule has 4 fully saturated rings. The van der Waals surface area contributed by atoms with Crippen LogP contribution in [0.3, 0.4) is 0 Å². The van der Waals surface area contributed by atoms with Crippen LogP contribution in [-0.4, -0.2) is 56.3 Å². The molecular weight excluding hydrogens is 340 g/mol. The molecule has 2 bridgehead atoms. The SMILES string of the molecule is CC(C)CS(=O)(=O)NC[C@H]1[C@H]2CN(C(=O)C3CCC3)C[C@]23CC[C@H]1O3. The molecular formula is C18H30N2O4S. The summed E-state index contributed by atoms with van der Waals surface area (Å²) in [6.07, 6.45) is 5.35. The Hall–Kier alpha value is -0.660. The van der Waals surface area contributed by atoms with E-state index < -0.39 is 10.0 Å². The second-order valence-corrected chi connectivity index (χ2v) is 10.8. The molecule has 1 amide bonds. The number of hydrogen-bond donors (Lipinski definition) is 1. The lowest BCUT2D eigenvalue weighted by Crippen LogP contribution is -2.42. The second-order valence-electron chi connectivity index (χ2n) is 8.90. The van der Waals surface area contributed by atoms with Crippen molar-refractivity contribution in [3.63, 3.8) is 0 Å². The van der Waals surface area contributed by atoms with E-state index in [9.17, 15) is 13.2 Å². The third-order valence-corrected chi connectivity index (χ3v) is 8.35. The fourth-order valence-electron chi connectivity index (χ4n) is 5.27. The Balaban J connectivity index is 1.42. The van der Waals surface area contributed by atoms with Crippen LogP contribution in [0.2, 0.25) is 0 Å². The van der Waals surface area contributed by atoms with E-state index in [2.05, 4.69) is 4.72 Å². The molecule has 0 radical (unpaired) electrons. The number of fused-ring (bicyclic) bond motifs is 1. The van der Waals surface area contributed by atoms with Gasteiger partial charge in [-0.1, -0.05) is 20.3 Å². The summed E-state index contributed by atoms with van der Waals surface area (Å²) < 4.78 is 33.5. The zero-order valence-electron chi connectivity index (χ0n) is 15.2. The van der Waals surface area contributed by atoms with E-state index in [-0.39, 0.29) is 41.1 Å². The molecule has 142 valence electrons. The minimum atomic E-state index is -3.24. The van der Waals surface area contributed by atoms with Gasteiger partial charge in [0.2, 0.25) is 15.9 Å². The van der Waals surface area contributed by atoms with E-state index in [0.717, 1.165) is 38.6 Å². The fraction of sp³-hybridized carbons (Fsp3) is 0.944. The van der Waals surface area contributed by atoms with E-state index in [1.54, 1.807) is 0 Å². The first-order chi connectivity index (χ1) is 11.8. The Kier molecular flexibility index (Phi) is 4.40. The van der Waals surface area contributed by atoms with Gasteiger partial charge in [0.05, 0.1) is 24.0 Å². The number of ether oxygens (including phenoxy) is 1. The summed E-state index contributed by atoms with van der Waals surface area (Å²) in [6.45, 7) is 5.71. The smallest absolute Gasteiger partial charge is 0.225 e. The average Bonchev–Trinajstić information content (AvgIpc) is 3.09. The van der Waals surface area contributed by atoms with Crippen molar-refractivity contribution in [3.8, 4) is 0 Å². The van der Waals surface area contributed by atoms with Crippen LogP contribution < -0.4 is 4.72 Å². The highest BCUT2D eigenvalue weighted by Gasteiger charge is 2.63. The minimum Gasteiger partial charge on any atom is -0.369 e. The summed E-state index contributed by atoms with van der Waals surface area (Å²) in [5.74, 6) is 1.25. The Morgan fingerprint density at radius 1 is 1.32 bits per heavy atom. The number of nitrogens with one attached hydrogen (secondary N) is 1. The summed E-state index contributed by atoms with van der Waals surface area (Å²) in [4.78, 5) is 14.6. The van der Waals surface area contributed by atoms with Crippen molar-refractivity contribution in [3.05, 3.63) is 0 Å². The molecule has 7 heteroatoms. The minimum absolute atomic E-state index is 0.113. The first-order valence-electron chi connectivity index (χ1n) is 9.74. The van der Waals surface area contributed by atoms with Gasteiger partial charge in [-0.25, -0.2) is 13.1 Å². The largest absolute Gasteiger partial charge is 0.369 e. The van der Waals surface area contributed by atoms with E-state index >= 15 is 0 Å². The quantitative estimate of drug-likeness (QED) is 0.766. The Bertz CT molecular complexity index is 645. The molecule has 1 N–H and O–H groups in total. The van der Waals surface area contributed by atoms with Crippen molar-refractivity contribution >= 4 is 15.9 Å². The molecule has 3 aliphatic heterocycles. The van der Waals surface area contributed by atoms with Gasteiger partial charge in [-0.05, 0) is 31.6 Å². The van der Waals surface area contributed by atoms with Gasteiger partial charge in [-0.2, -0.15) is 0 Å². The number of carbonyl (C=O) groups is 1. The molecule has 3 heterocycles. The first-order valence-corrected chi connectivity index (χ1v) is 11.4. The Labute approximate surface area is 150 Å². The lowest BCUT2D eigenvalue weighted by Gasteiger charge is -2.30. The van der Waals surface area contributed by atoms with Crippen LogP contribution in [0.25, 0.3) is 0 Å². The van der Waals surface area contributed by atoms with Gasteiger partial charge in [-0.15, -0.1) is 0 Å². The van der Waals surface area contributed by atoms with Crippen molar-refractivity contribution in [2.45, 2.75) is 57.7 Å². The highest BCUT2D eigenvalue weighted by atomic mass is 32.2. The number of rotatable bonds is 6. The molecule has 4 aliphatic rings. The zero-order chi connectivity index (χ0) is 17.8. The van der Waals surface area contributed by atoms with E-state index in [4.69, 9.17) is 4.74 Å². The Morgan fingerprint density at radius 2 is 2.08 bits per heavy atom. The number of nitrogens with zero attached hydrogens (tertiary/aromatic N) is 1. The molecule has 1 aliphatic carbocycles. The normalized spacial score (nSPS) is 37.6. The molecule has 0 aromatic carbocycles. The standard InChI is InChI=1S/C18H30N2O4S/c1-12(2)10-25(22,23)19-8-14-15-9-20(17(21)13-4-3-5-13)11-18(15)7-6-16(14)24-18/h12-16,19H,3-11H2,1-2H3/t14-,15+,16+,18+/m0/s1. The van der Waals surface area contributed by atoms with Crippen LogP contribution in [0.4, 0.5) is 0 Å². The monoisotopic (exact) mass is 370 g/mol. The van der Waals surface area contributed by atoms with E-state index in [0.29, 0.717) is 19.0 Å². The summed E-state index contributed by atoms with van der Waals surface area (Å²) in [7, 11) is -3.24. The van der Waals surface area contributed by atoms with Crippen LogP contribution in [0.1, 0.15) is 46.0 Å². The van der Waals surface area contributed by atoms with Crippen molar-refractivity contribution in [1.82, 2.24) is 9.62 Å². The zero-order valence-corrected chi connectivity index (χ0v) is 16.1. The number of amides is 1. The molecule has 4 rings (SSSR count). The third kappa shape index (κ3) is 3.12. The van der Waals surface area contributed by atoms with Crippen molar-refractivity contribution < 1.29 is 17.9 Å². The maximum atomic E-state index is 12.6. The van der Waals surface area contributed by atoms with Crippen LogP contribution >= 0.6 is 0 Å². The lowest BCUT2D eigenvalue weighted by atomic mass is 9.74. The fourth-order valence-corrected chi connectivity index (χ4v) is 6.71. The van der Waals surface area contributed by atoms with E-state index in [1.807, 2.05) is 18.7 Å². The van der Waals surface area contributed by atoms with Crippen molar-refractivity contribution in [1.29, 1.82) is 0 Å². The summed E-state index contributed by atoms with van der Waals surface area (Å²) >= 11 is 0. The molecule has 6 nitrogen and oxygen atoms in total. The topological polar surface area (TPSA) is 75.7 Å². The predicted molar refractivity (Wildman–Crippen MR) is 94.4 cm³/mol. The highest BCUT2D eigenvalue weighted by Crippen LogP contribution is 2.55. The maximum absolute atomic E-state index is 12.6. The molecule has 0 unspecified atom stereocenters. The predicted octanol–water partition coefficient (Wildman–Crippen LogP) is 1.37. The molecule has 25 heavy (non-hydrogen) atoms. The van der Waals surface area contributed by atoms with Crippen LogP contribution in [-0.2, 0) is 19.6 Å². The molecule has 1 saturated carbocycles. The van der Waals surface area contributed by atoms with Gasteiger partial charge in [0.1, 0.15) is 0 Å². The van der Waals surface area contributed by atoms with Gasteiger partial charge >= 0.3 is 0 Å². The summed E-state index contributed by atoms with van der Waals surface area (Å²) in [6, 6.07) is 0. The van der Waals surface area contributed by atoms with Crippen LogP contribution in [0.15, 0.2) is 0 Å². The molecule has 0 aromatic heterocycles. The number of sulfonamides is 1. The molecule has 1 spiro atoms. The van der Waals surface area contributed by atoms with Gasteiger partial charge in [-0.3, -0.25) is 4.79 Å². The molecule has 4 atom stereocenters. The highest BCUT2D eigenvalue weighted by molar-refractivity contribution is 7.89. The van der Waals surface area contributed by atoms with Gasteiger partial charge in [0, 0.05) is 30.8 Å². The first kappa shape index (κ1) is 17.7.